The van der Waals surface area contributed by atoms with Crippen LogP contribution in [0.5, 0.6) is 0 Å². The van der Waals surface area contributed by atoms with E-state index in [0.717, 1.165) is 26.2 Å². The summed E-state index contributed by atoms with van der Waals surface area (Å²) in [6.07, 6.45) is 7.04. The number of aryl methyl sites for hydroxylation is 1. The summed E-state index contributed by atoms with van der Waals surface area (Å²) in [6, 6.07) is 7.31. The molecule has 2 heterocycles. The van der Waals surface area contributed by atoms with E-state index in [1.807, 2.05) is 30.0 Å². The van der Waals surface area contributed by atoms with Gasteiger partial charge in [0.05, 0.1) is 17.2 Å². The zero-order valence-corrected chi connectivity index (χ0v) is 16.3. The first kappa shape index (κ1) is 19.5. The van der Waals surface area contributed by atoms with Crippen molar-refractivity contribution in [3.63, 3.8) is 0 Å². The molecule has 0 bridgehead atoms. The number of benzene rings is 1. The van der Waals surface area contributed by atoms with Crippen molar-refractivity contribution in [3.8, 4) is 0 Å². The maximum absolute atomic E-state index is 12.6. The molecule has 27 heavy (non-hydrogen) atoms. The molecule has 0 spiro atoms. The number of hydrogen-bond donors (Lipinski definition) is 0. The summed E-state index contributed by atoms with van der Waals surface area (Å²) in [5.74, 6) is 0.104. The van der Waals surface area contributed by atoms with Crippen LogP contribution < -0.4 is 5.56 Å². The molecule has 6 heteroatoms. The maximum Gasteiger partial charge on any atom is 0.261 e. The fourth-order valence-electron chi connectivity index (χ4n) is 3.72. The molecule has 1 saturated heterocycles. The van der Waals surface area contributed by atoms with Crippen molar-refractivity contribution >= 4 is 16.8 Å². The Morgan fingerprint density at radius 3 is 2.59 bits per heavy atom. The Bertz CT molecular complexity index is 809. The number of para-hydroxylation sites is 1. The highest BCUT2D eigenvalue weighted by molar-refractivity contribution is 5.77. The quantitative estimate of drug-likeness (QED) is 0.751. The number of hydrogen-bond acceptors (Lipinski definition) is 4. The van der Waals surface area contributed by atoms with Gasteiger partial charge in [0.15, 0.2) is 0 Å². The van der Waals surface area contributed by atoms with E-state index < -0.39 is 0 Å². The second-order valence-corrected chi connectivity index (χ2v) is 7.24. The van der Waals surface area contributed by atoms with Crippen molar-refractivity contribution in [3.05, 3.63) is 40.9 Å². The molecule has 3 rings (SSSR count). The Morgan fingerprint density at radius 2 is 1.85 bits per heavy atom. The average molecular weight is 370 g/mol. The normalized spacial score (nSPS) is 15.6. The summed E-state index contributed by atoms with van der Waals surface area (Å²) in [5.41, 5.74) is 0.610. The minimum atomic E-state index is -0.0824. The van der Waals surface area contributed by atoms with Gasteiger partial charge in [-0.25, -0.2) is 4.98 Å². The monoisotopic (exact) mass is 370 g/mol. The van der Waals surface area contributed by atoms with E-state index in [1.165, 1.54) is 25.7 Å². The van der Waals surface area contributed by atoms with Crippen LogP contribution in [0.15, 0.2) is 35.4 Å². The van der Waals surface area contributed by atoms with Gasteiger partial charge < -0.3 is 9.80 Å². The number of fused-ring (bicyclic) bond motifs is 1. The molecule has 0 N–H and O–H groups in total. The number of nitrogens with zero attached hydrogens (tertiary/aromatic N) is 4. The zero-order chi connectivity index (χ0) is 19.1. The van der Waals surface area contributed by atoms with Gasteiger partial charge in [0.2, 0.25) is 5.91 Å². The predicted molar refractivity (Wildman–Crippen MR) is 108 cm³/mol. The van der Waals surface area contributed by atoms with Gasteiger partial charge in [0.1, 0.15) is 0 Å². The summed E-state index contributed by atoms with van der Waals surface area (Å²) < 4.78 is 1.54. The second kappa shape index (κ2) is 9.65. The van der Waals surface area contributed by atoms with Crippen LogP contribution in [0.4, 0.5) is 0 Å². The zero-order valence-electron chi connectivity index (χ0n) is 16.3. The Kier molecular flexibility index (Phi) is 6.98. The van der Waals surface area contributed by atoms with Crippen molar-refractivity contribution in [1.29, 1.82) is 0 Å². The maximum atomic E-state index is 12.6. The Morgan fingerprint density at radius 1 is 1.11 bits per heavy atom. The van der Waals surface area contributed by atoms with Crippen LogP contribution >= 0.6 is 0 Å². The minimum absolute atomic E-state index is 0.0824. The topological polar surface area (TPSA) is 58.4 Å². The van der Waals surface area contributed by atoms with Crippen LogP contribution in [0.25, 0.3) is 10.9 Å². The second-order valence-electron chi connectivity index (χ2n) is 7.24. The highest BCUT2D eigenvalue weighted by atomic mass is 16.2. The molecule has 1 aliphatic heterocycles. The van der Waals surface area contributed by atoms with E-state index in [1.54, 1.807) is 17.0 Å². The summed E-state index contributed by atoms with van der Waals surface area (Å²) in [7, 11) is 0. The molecule has 1 aromatic heterocycles. The third-order valence-electron chi connectivity index (χ3n) is 5.42. The standard InChI is InChI=1S/C21H30N4O2/c1-2-24(16-15-23-12-7-3-4-8-13-23)20(26)11-14-25-17-22-19-10-6-5-9-18(19)21(25)27/h5-6,9-10,17H,2-4,7-8,11-16H2,1H3. The smallest absolute Gasteiger partial charge is 0.261 e. The fourth-order valence-corrected chi connectivity index (χ4v) is 3.72. The molecule has 0 saturated carbocycles. The summed E-state index contributed by atoms with van der Waals surface area (Å²) >= 11 is 0. The van der Waals surface area contributed by atoms with Crippen molar-refractivity contribution in [2.24, 2.45) is 0 Å². The van der Waals surface area contributed by atoms with Crippen molar-refractivity contribution in [2.45, 2.75) is 45.6 Å². The first-order chi connectivity index (χ1) is 13.2. The average Bonchev–Trinajstić information content (AvgIpc) is 2.97. The Hall–Kier alpha value is -2.21. The van der Waals surface area contributed by atoms with Crippen LogP contribution in [0.3, 0.4) is 0 Å². The number of likely N-dealkylation sites (N-methyl/N-ethyl adjacent to an activating group) is 1. The van der Waals surface area contributed by atoms with Gasteiger partial charge in [-0.1, -0.05) is 25.0 Å². The lowest BCUT2D eigenvalue weighted by Gasteiger charge is -2.26. The highest BCUT2D eigenvalue weighted by Crippen LogP contribution is 2.10. The van der Waals surface area contributed by atoms with Gasteiger partial charge in [0.25, 0.3) is 5.56 Å². The van der Waals surface area contributed by atoms with E-state index in [-0.39, 0.29) is 11.5 Å². The lowest BCUT2D eigenvalue weighted by Crippen LogP contribution is -2.39. The molecule has 1 amide bonds. The molecule has 2 aromatic rings. The van der Waals surface area contributed by atoms with Gasteiger partial charge >= 0.3 is 0 Å². The number of amides is 1. The van der Waals surface area contributed by atoms with Gasteiger partial charge in [-0.3, -0.25) is 14.2 Å². The highest BCUT2D eigenvalue weighted by Gasteiger charge is 2.15. The van der Waals surface area contributed by atoms with E-state index in [0.29, 0.717) is 30.4 Å². The Labute approximate surface area is 160 Å². The molecule has 0 radical (unpaired) electrons. The lowest BCUT2D eigenvalue weighted by atomic mass is 10.2. The van der Waals surface area contributed by atoms with Gasteiger partial charge in [-0.15, -0.1) is 0 Å². The SMILES string of the molecule is CCN(CCN1CCCCCC1)C(=O)CCn1cnc2ccccc2c1=O. The van der Waals surface area contributed by atoms with Crippen LogP contribution in [0.1, 0.15) is 39.0 Å². The van der Waals surface area contributed by atoms with Gasteiger partial charge in [0, 0.05) is 32.6 Å². The van der Waals surface area contributed by atoms with Crippen molar-refractivity contribution in [1.82, 2.24) is 19.4 Å². The third-order valence-corrected chi connectivity index (χ3v) is 5.42. The van der Waals surface area contributed by atoms with Gasteiger partial charge in [-0.2, -0.15) is 0 Å². The number of carbonyl (C=O) groups is 1. The molecule has 1 aliphatic rings. The van der Waals surface area contributed by atoms with E-state index in [9.17, 15) is 9.59 Å². The summed E-state index contributed by atoms with van der Waals surface area (Å²) in [6.45, 7) is 7.09. The van der Waals surface area contributed by atoms with Crippen LogP contribution in [0.2, 0.25) is 0 Å². The molecule has 6 nitrogen and oxygen atoms in total. The molecule has 146 valence electrons. The number of aromatic nitrogens is 2. The summed E-state index contributed by atoms with van der Waals surface area (Å²) in [4.78, 5) is 33.9. The molecule has 0 unspecified atom stereocenters. The summed E-state index contributed by atoms with van der Waals surface area (Å²) in [5, 5.41) is 0.598. The van der Waals surface area contributed by atoms with E-state index in [2.05, 4.69) is 9.88 Å². The molecule has 0 aliphatic carbocycles. The van der Waals surface area contributed by atoms with E-state index >= 15 is 0 Å². The first-order valence-corrected chi connectivity index (χ1v) is 10.1. The third kappa shape index (κ3) is 5.16. The first-order valence-electron chi connectivity index (χ1n) is 10.1. The number of carbonyl (C=O) groups excluding carboxylic acids is 1. The van der Waals surface area contributed by atoms with Crippen molar-refractivity contribution in [2.75, 3.05) is 32.7 Å². The lowest BCUT2D eigenvalue weighted by molar-refractivity contribution is -0.131. The molecule has 1 aromatic carbocycles. The largest absolute Gasteiger partial charge is 0.342 e. The molecule has 1 fully saturated rings. The predicted octanol–water partition coefficient (Wildman–Crippen LogP) is 2.51. The van der Waals surface area contributed by atoms with E-state index in [4.69, 9.17) is 0 Å². The molecular formula is C21H30N4O2. The van der Waals surface area contributed by atoms with Gasteiger partial charge in [-0.05, 0) is 45.0 Å². The Balaban J connectivity index is 1.55. The van der Waals surface area contributed by atoms with Crippen LogP contribution in [0, 0.1) is 0 Å². The fraction of sp³-hybridized carbons (Fsp3) is 0.571. The van der Waals surface area contributed by atoms with Crippen molar-refractivity contribution < 1.29 is 4.79 Å². The van der Waals surface area contributed by atoms with Crippen LogP contribution in [-0.4, -0.2) is 58.0 Å². The molecule has 0 atom stereocenters. The van der Waals surface area contributed by atoms with Crippen LogP contribution in [-0.2, 0) is 11.3 Å². The number of rotatable bonds is 7. The minimum Gasteiger partial charge on any atom is -0.342 e. The molecular weight excluding hydrogens is 340 g/mol. The number of likely N-dealkylation sites (tertiary alicyclic amines) is 1.